The van der Waals surface area contributed by atoms with Gasteiger partial charge in [-0.05, 0) is 17.7 Å². The van der Waals surface area contributed by atoms with E-state index in [0.717, 1.165) is 0 Å². The molecular weight excluding hydrogens is 251 g/mol. The molecule has 0 saturated carbocycles. The minimum atomic E-state index is -5.12. The molecule has 0 aliphatic carbocycles. The molecule has 0 spiro atoms. The number of hydrogen-bond donors (Lipinski definition) is 0. The lowest BCUT2D eigenvalue weighted by Crippen LogP contribution is -1.87. The number of aliphatic imine (C=N–C) groups is 1. The molecule has 1 aromatic rings. The number of nitrogens with zero attached hydrogens (tertiary/aromatic N) is 1. The first-order chi connectivity index (χ1) is 6.92. The normalized spacial score (nSPS) is 12.0. The van der Waals surface area contributed by atoms with Crippen LogP contribution in [0.5, 0.6) is 0 Å². The van der Waals surface area contributed by atoms with E-state index in [-0.39, 0.29) is 16.3 Å². The maximum absolute atomic E-state index is 12.1. The Labute approximate surface area is 91.0 Å². The van der Waals surface area contributed by atoms with Crippen LogP contribution in [0, 0.1) is 0 Å². The third-order valence-electron chi connectivity index (χ3n) is 1.53. The SMILES string of the molecule is O=C=Nc1ccc(CS(F)(F)F)c(Cl)c1. The van der Waals surface area contributed by atoms with Crippen LogP contribution in [0.15, 0.2) is 23.2 Å². The zero-order valence-corrected chi connectivity index (χ0v) is 8.79. The molecule has 0 heterocycles. The Morgan fingerprint density at radius 2 is 2.07 bits per heavy atom. The van der Waals surface area contributed by atoms with Gasteiger partial charge in [-0.25, -0.2) is 4.79 Å². The number of isocyanates is 1. The first-order valence-electron chi connectivity index (χ1n) is 3.68. The summed E-state index contributed by atoms with van der Waals surface area (Å²) < 4.78 is 36.3. The molecule has 1 rings (SSSR count). The fraction of sp³-hybridized carbons (Fsp3) is 0.125. The van der Waals surface area contributed by atoms with Gasteiger partial charge in [0.05, 0.1) is 11.4 Å². The summed E-state index contributed by atoms with van der Waals surface area (Å²) in [5.41, 5.74) is 0.181. The van der Waals surface area contributed by atoms with Crippen LogP contribution in [0.3, 0.4) is 0 Å². The zero-order chi connectivity index (χ0) is 11.5. The summed E-state index contributed by atoms with van der Waals surface area (Å²) in [7, 11) is 0. The van der Waals surface area contributed by atoms with Crippen molar-refractivity contribution in [3.8, 4) is 0 Å². The highest BCUT2D eigenvalue weighted by Crippen LogP contribution is 2.56. The van der Waals surface area contributed by atoms with Crippen LogP contribution in [0.4, 0.5) is 17.3 Å². The summed E-state index contributed by atoms with van der Waals surface area (Å²) in [4.78, 5) is 13.1. The van der Waals surface area contributed by atoms with E-state index in [4.69, 9.17) is 11.6 Å². The van der Waals surface area contributed by atoms with Crippen LogP contribution in [0.1, 0.15) is 5.56 Å². The van der Waals surface area contributed by atoms with Crippen molar-refractivity contribution in [1.29, 1.82) is 0 Å². The largest absolute Gasteiger partial charge is 0.240 e. The summed E-state index contributed by atoms with van der Waals surface area (Å²) >= 11 is 0.477. The molecular formula is C8H5ClF3NOS. The van der Waals surface area contributed by atoms with Crippen LogP contribution in [0.25, 0.3) is 0 Å². The lowest BCUT2D eigenvalue weighted by molar-refractivity contribution is 0.565. The van der Waals surface area contributed by atoms with Crippen LogP contribution in [-0.4, -0.2) is 6.08 Å². The molecule has 7 heteroatoms. The predicted octanol–water partition coefficient (Wildman–Crippen LogP) is 4.27. The van der Waals surface area contributed by atoms with Crippen molar-refractivity contribution >= 4 is 34.6 Å². The van der Waals surface area contributed by atoms with Gasteiger partial charge in [0.25, 0.3) is 0 Å². The highest BCUT2D eigenvalue weighted by atomic mass is 35.5. The van der Waals surface area contributed by atoms with Crippen molar-refractivity contribution in [2.75, 3.05) is 0 Å². The summed E-state index contributed by atoms with van der Waals surface area (Å²) in [5.74, 6) is -1.02. The molecule has 0 saturated heterocycles. The highest BCUT2D eigenvalue weighted by Gasteiger charge is 2.22. The summed E-state index contributed by atoms with van der Waals surface area (Å²) in [5, 5.41) is -0.0451. The molecule has 0 aliphatic heterocycles. The summed E-state index contributed by atoms with van der Waals surface area (Å²) in [6, 6.07) is 3.70. The average Bonchev–Trinajstić information content (AvgIpc) is 2.08. The number of benzene rings is 1. The van der Waals surface area contributed by atoms with Gasteiger partial charge in [-0.15, -0.1) is 11.7 Å². The summed E-state index contributed by atoms with van der Waals surface area (Å²) in [6.45, 7) is 0. The van der Waals surface area contributed by atoms with Crippen molar-refractivity contribution in [2.45, 2.75) is 5.75 Å². The fourth-order valence-corrected chi connectivity index (χ4v) is 1.88. The van der Waals surface area contributed by atoms with E-state index >= 15 is 0 Å². The van der Waals surface area contributed by atoms with Crippen molar-refractivity contribution < 1.29 is 16.5 Å². The van der Waals surface area contributed by atoms with E-state index in [1.165, 1.54) is 24.3 Å². The van der Waals surface area contributed by atoms with E-state index in [2.05, 4.69) is 4.99 Å². The maximum Gasteiger partial charge on any atom is 0.240 e. The molecule has 0 radical (unpaired) electrons. The first-order valence-corrected chi connectivity index (χ1v) is 5.56. The third-order valence-corrected chi connectivity index (χ3v) is 2.52. The van der Waals surface area contributed by atoms with Gasteiger partial charge in [0, 0.05) is 5.02 Å². The number of carbonyl (C=O) groups excluding carboxylic acids is 1. The standard InChI is InChI=1S/C8H5ClF3NOS/c9-8-3-7(13-5-14)2-1-6(8)4-15(10,11)12/h1-3H,4H2. The smallest absolute Gasteiger partial charge is 0.211 e. The Morgan fingerprint density at radius 3 is 2.53 bits per heavy atom. The average molecular weight is 256 g/mol. The van der Waals surface area contributed by atoms with Crippen molar-refractivity contribution in [2.24, 2.45) is 4.99 Å². The van der Waals surface area contributed by atoms with E-state index in [1.54, 1.807) is 0 Å². The molecule has 0 N–H and O–H groups in total. The second-order valence-electron chi connectivity index (χ2n) is 2.63. The minimum absolute atomic E-state index is 0.0102. The lowest BCUT2D eigenvalue weighted by Gasteiger charge is -2.10. The van der Waals surface area contributed by atoms with Gasteiger partial charge in [-0.1, -0.05) is 17.7 Å². The van der Waals surface area contributed by atoms with Crippen molar-refractivity contribution in [3.05, 3.63) is 28.8 Å². The Morgan fingerprint density at radius 1 is 1.40 bits per heavy atom. The van der Waals surface area contributed by atoms with E-state index in [1.807, 2.05) is 0 Å². The first kappa shape index (κ1) is 12.1. The number of hydrogen-bond acceptors (Lipinski definition) is 2. The van der Waals surface area contributed by atoms with Crippen LogP contribution < -0.4 is 0 Å². The second kappa shape index (κ2) is 4.70. The van der Waals surface area contributed by atoms with Crippen molar-refractivity contribution in [1.82, 2.24) is 0 Å². The Balaban J connectivity index is 2.98. The summed E-state index contributed by atoms with van der Waals surface area (Å²) in [6.07, 6.45) is 1.28. The van der Waals surface area contributed by atoms with Crippen molar-refractivity contribution in [3.63, 3.8) is 0 Å². The molecule has 0 atom stereocenters. The fourth-order valence-electron chi connectivity index (χ4n) is 0.952. The van der Waals surface area contributed by atoms with Gasteiger partial charge in [-0.3, -0.25) is 0 Å². The molecule has 0 amide bonds. The molecule has 0 unspecified atom stereocenters. The molecule has 15 heavy (non-hydrogen) atoms. The second-order valence-corrected chi connectivity index (χ2v) is 4.33. The van der Waals surface area contributed by atoms with Crippen LogP contribution in [-0.2, 0) is 10.5 Å². The topological polar surface area (TPSA) is 29.4 Å². The monoisotopic (exact) mass is 255 g/mol. The Bertz CT molecular complexity index is 415. The minimum Gasteiger partial charge on any atom is -0.211 e. The third kappa shape index (κ3) is 3.95. The van der Waals surface area contributed by atoms with Crippen LogP contribution >= 0.6 is 22.8 Å². The van der Waals surface area contributed by atoms with Crippen LogP contribution in [0.2, 0.25) is 5.02 Å². The number of rotatable bonds is 3. The molecule has 0 fully saturated rings. The maximum atomic E-state index is 12.1. The van der Waals surface area contributed by atoms with Gasteiger partial charge in [0.2, 0.25) is 17.3 Å². The molecule has 0 aromatic heterocycles. The van der Waals surface area contributed by atoms with Gasteiger partial charge in [0.15, 0.2) is 0 Å². The predicted molar refractivity (Wildman–Crippen MR) is 53.9 cm³/mol. The van der Waals surface area contributed by atoms with Gasteiger partial charge < -0.3 is 0 Å². The van der Waals surface area contributed by atoms with E-state index in [9.17, 15) is 16.5 Å². The highest BCUT2D eigenvalue weighted by molar-refractivity contribution is 8.20. The quantitative estimate of drug-likeness (QED) is 0.586. The molecule has 82 valence electrons. The lowest BCUT2D eigenvalue weighted by atomic mass is 10.2. The van der Waals surface area contributed by atoms with E-state index in [0.29, 0.717) is 0 Å². The van der Waals surface area contributed by atoms with Gasteiger partial charge in [0.1, 0.15) is 0 Å². The molecule has 2 nitrogen and oxygen atoms in total. The van der Waals surface area contributed by atoms with E-state index < -0.39 is 16.9 Å². The molecule has 0 bridgehead atoms. The van der Waals surface area contributed by atoms with Gasteiger partial charge >= 0.3 is 0 Å². The molecule has 0 aliphatic rings. The molecule has 1 aromatic carbocycles. The Kier molecular flexibility index (Phi) is 3.79. The number of halogens is 4. The van der Waals surface area contributed by atoms with Gasteiger partial charge in [-0.2, -0.15) is 4.99 Å². The Hall–Kier alpha value is -0.970. The zero-order valence-electron chi connectivity index (χ0n) is 7.21.